The minimum atomic E-state index is -3.33. The molecule has 3 rings (SSSR count). The van der Waals surface area contributed by atoms with Gasteiger partial charge >= 0.3 is 0 Å². The number of sulfonamides is 1. The summed E-state index contributed by atoms with van der Waals surface area (Å²) in [6.07, 6.45) is 2.50. The highest BCUT2D eigenvalue weighted by Crippen LogP contribution is 2.40. The van der Waals surface area contributed by atoms with E-state index in [1.807, 2.05) is 4.90 Å². The molecule has 2 saturated heterocycles. The molecule has 0 unspecified atom stereocenters. The van der Waals surface area contributed by atoms with Gasteiger partial charge in [-0.25, -0.2) is 12.8 Å². The summed E-state index contributed by atoms with van der Waals surface area (Å²) < 4.78 is 39.3. The van der Waals surface area contributed by atoms with Crippen molar-refractivity contribution in [1.29, 1.82) is 0 Å². The standard InChI is InChI=1S/C16H23FN2O3S/c1-23(21,22)19-9-4-7-16(19)8-10-18(12-15(16)20)11-13-5-2-3-6-14(13)17/h2-3,5-6,15,20H,4,7-12H2,1H3/t15-,16-/m0/s1. The molecule has 2 aliphatic rings. The summed E-state index contributed by atoms with van der Waals surface area (Å²) in [5, 5.41) is 10.7. The Morgan fingerprint density at radius 3 is 2.70 bits per heavy atom. The number of piperidine rings is 1. The van der Waals surface area contributed by atoms with Crippen LogP contribution in [0.4, 0.5) is 4.39 Å². The zero-order chi connectivity index (χ0) is 16.7. The van der Waals surface area contributed by atoms with Crippen molar-refractivity contribution in [3.05, 3.63) is 35.6 Å². The van der Waals surface area contributed by atoms with Crippen LogP contribution < -0.4 is 0 Å². The Balaban J connectivity index is 1.74. The average molecular weight is 342 g/mol. The number of hydrogen-bond acceptors (Lipinski definition) is 4. The van der Waals surface area contributed by atoms with Crippen molar-refractivity contribution in [2.24, 2.45) is 0 Å². The molecule has 2 heterocycles. The van der Waals surface area contributed by atoms with Gasteiger partial charge in [-0.15, -0.1) is 0 Å². The quantitative estimate of drug-likeness (QED) is 0.896. The lowest BCUT2D eigenvalue weighted by atomic mass is 9.83. The van der Waals surface area contributed by atoms with E-state index in [0.29, 0.717) is 44.6 Å². The van der Waals surface area contributed by atoms with Crippen LogP contribution in [0.2, 0.25) is 0 Å². The topological polar surface area (TPSA) is 60.9 Å². The van der Waals surface area contributed by atoms with Crippen LogP contribution in [0.1, 0.15) is 24.8 Å². The van der Waals surface area contributed by atoms with E-state index in [-0.39, 0.29) is 5.82 Å². The molecule has 2 fully saturated rings. The van der Waals surface area contributed by atoms with Crippen molar-refractivity contribution in [3.8, 4) is 0 Å². The van der Waals surface area contributed by atoms with Gasteiger partial charge in [-0.2, -0.15) is 4.31 Å². The molecule has 1 aromatic carbocycles. The zero-order valence-electron chi connectivity index (χ0n) is 13.3. The van der Waals surface area contributed by atoms with Crippen LogP contribution in [0, 0.1) is 5.82 Å². The molecule has 23 heavy (non-hydrogen) atoms. The third-order valence-electron chi connectivity index (χ3n) is 5.13. The van der Waals surface area contributed by atoms with Crippen molar-refractivity contribution in [2.45, 2.75) is 37.5 Å². The number of likely N-dealkylation sites (tertiary alicyclic amines) is 1. The summed E-state index contributed by atoms with van der Waals surface area (Å²) in [6, 6.07) is 6.62. The monoisotopic (exact) mass is 342 g/mol. The second-order valence-electron chi connectivity index (χ2n) is 6.63. The largest absolute Gasteiger partial charge is 0.390 e. The lowest BCUT2D eigenvalue weighted by Gasteiger charge is -2.47. The molecule has 1 N–H and O–H groups in total. The highest BCUT2D eigenvalue weighted by Gasteiger charge is 2.52. The average Bonchev–Trinajstić information content (AvgIpc) is 2.91. The molecule has 0 radical (unpaired) electrons. The Kier molecular flexibility index (Phi) is 4.48. The molecule has 128 valence electrons. The van der Waals surface area contributed by atoms with E-state index < -0.39 is 21.7 Å². The Bertz CT molecular complexity index is 682. The SMILES string of the molecule is CS(=O)(=O)N1CCC[C@@]12CCN(Cc1ccccc1F)C[C@@H]2O. The predicted molar refractivity (Wildman–Crippen MR) is 85.8 cm³/mol. The Hall–Kier alpha value is -1.02. The minimum absolute atomic E-state index is 0.249. The molecular weight excluding hydrogens is 319 g/mol. The Morgan fingerprint density at radius 1 is 1.30 bits per heavy atom. The van der Waals surface area contributed by atoms with Crippen molar-refractivity contribution >= 4 is 10.0 Å². The van der Waals surface area contributed by atoms with Crippen LogP contribution in [-0.2, 0) is 16.6 Å². The fourth-order valence-electron chi connectivity index (χ4n) is 3.99. The third kappa shape index (κ3) is 3.15. The van der Waals surface area contributed by atoms with E-state index in [1.54, 1.807) is 18.2 Å². The van der Waals surface area contributed by atoms with E-state index in [4.69, 9.17) is 0 Å². The van der Waals surface area contributed by atoms with Crippen LogP contribution in [0.15, 0.2) is 24.3 Å². The lowest BCUT2D eigenvalue weighted by molar-refractivity contribution is -0.0382. The Morgan fingerprint density at radius 2 is 2.04 bits per heavy atom. The van der Waals surface area contributed by atoms with Gasteiger partial charge in [-0.3, -0.25) is 4.90 Å². The third-order valence-corrected chi connectivity index (χ3v) is 6.48. The first-order valence-corrected chi connectivity index (χ1v) is 9.79. The van der Waals surface area contributed by atoms with Crippen LogP contribution >= 0.6 is 0 Å². The number of halogens is 1. The van der Waals surface area contributed by atoms with E-state index in [1.165, 1.54) is 16.6 Å². The molecule has 0 aliphatic carbocycles. The fourth-order valence-corrected chi connectivity index (χ4v) is 5.42. The van der Waals surface area contributed by atoms with Gasteiger partial charge in [-0.1, -0.05) is 18.2 Å². The van der Waals surface area contributed by atoms with Crippen LogP contribution in [0.5, 0.6) is 0 Å². The molecule has 1 aromatic rings. The highest BCUT2D eigenvalue weighted by molar-refractivity contribution is 7.88. The fraction of sp³-hybridized carbons (Fsp3) is 0.625. The van der Waals surface area contributed by atoms with Gasteiger partial charge in [-0.05, 0) is 25.3 Å². The first-order valence-electron chi connectivity index (χ1n) is 7.94. The number of benzene rings is 1. The number of nitrogens with zero attached hydrogens (tertiary/aromatic N) is 2. The maximum atomic E-state index is 13.8. The van der Waals surface area contributed by atoms with Gasteiger partial charge in [0.15, 0.2) is 0 Å². The molecule has 7 heteroatoms. The molecule has 2 aliphatic heterocycles. The summed E-state index contributed by atoms with van der Waals surface area (Å²) >= 11 is 0. The number of rotatable bonds is 3. The number of aliphatic hydroxyl groups excluding tert-OH is 1. The highest BCUT2D eigenvalue weighted by atomic mass is 32.2. The number of aliphatic hydroxyl groups is 1. The smallest absolute Gasteiger partial charge is 0.211 e. The second-order valence-corrected chi connectivity index (χ2v) is 8.54. The summed E-state index contributed by atoms with van der Waals surface area (Å²) in [5.41, 5.74) is -0.0821. The molecule has 5 nitrogen and oxygen atoms in total. The summed E-state index contributed by atoms with van der Waals surface area (Å²) in [4.78, 5) is 1.99. The van der Waals surface area contributed by atoms with Crippen molar-refractivity contribution in [1.82, 2.24) is 9.21 Å². The molecule has 1 spiro atoms. The van der Waals surface area contributed by atoms with Gasteiger partial charge < -0.3 is 5.11 Å². The van der Waals surface area contributed by atoms with Crippen molar-refractivity contribution in [3.63, 3.8) is 0 Å². The molecule has 0 bridgehead atoms. The first-order chi connectivity index (χ1) is 10.8. The summed E-state index contributed by atoms with van der Waals surface area (Å²) in [7, 11) is -3.33. The first kappa shape index (κ1) is 16.8. The van der Waals surface area contributed by atoms with Gasteiger partial charge in [0, 0.05) is 31.7 Å². The minimum Gasteiger partial charge on any atom is -0.390 e. The second kappa shape index (κ2) is 6.12. The normalized spacial score (nSPS) is 30.1. The van der Waals surface area contributed by atoms with E-state index in [0.717, 1.165) is 6.42 Å². The molecular formula is C16H23FN2O3S. The van der Waals surface area contributed by atoms with Crippen LogP contribution in [0.3, 0.4) is 0 Å². The summed E-state index contributed by atoms with van der Waals surface area (Å²) in [6.45, 7) is 1.92. The maximum Gasteiger partial charge on any atom is 0.211 e. The van der Waals surface area contributed by atoms with Gasteiger partial charge in [0.25, 0.3) is 0 Å². The van der Waals surface area contributed by atoms with Crippen molar-refractivity contribution < 1.29 is 17.9 Å². The molecule has 0 saturated carbocycles. The van der Waals surface area contributed by atoms with Gasteiger partial charge in [0.05, 0.1) is 17.9 Å². The van der Waals surface area contributed by atoms with E-state index in [9.17, 15) is 17.9 Å². The van der Waals surface area contributed by atoms with Crippen LogP contribution in [-0.4, -0.2) is 60.3 Å². The van der Waals surface area contributed by atoms with Gasteiger partial charge in [0.2, 0.25) is 10.0 Å². The lowest BCUT2D eigenvalue weighted by Crippen LogP contribution is -2.62. The van der Waals surface area contributed by atoms with E-state index in [2.05, 4.69) is 0 Å². The maximum absolute atomic E-state index is 13.8. The number of β-amino-alcohol motifs (C(OH)–C–C–N with tert-alkyl or cyclic N) is 1. The Labute approximate surface area is 136 Å². The molecule has 0 aromatic heterocycles. The van der Waals surface area contributed by atoms with Crippen molar-refractivity contribution in [2.75, 3.05) is 25.9 Å². The molecule has 2 atom stereocenters. The van der Waals surface area contributed by atoms with E-state index >= 15 is 0 Å². The predicted octanol–water partition coefficient (Wildman–Crippen LogP) is 1.19. The molecule has 0 amide bonds. The van der Waals surface area contributed by atoms with Crippen LogP contribution in [0.25, 0.3) is 0 Å². The zero-order valence-corrected chi connectivity index (χ0v) is 14.1. The van der Waals surface area contributed by atoms with Gasteiger partial charge in [0.1, 0.15) is 5.82 Å². The number of hydrogen-bond donors (Lipinski definition) is 1. The summed E-state index contributed by atoms with van der Waals surface area (Å²) in [5.74, 6) is -0.249.